The summed E-state index contributed by atoms with van der Waals surface area (Å²) in [6, 6.07) is 3.45. The monoisotopic (exact) mass is 313 g/mol. The van der Waals surface area contributed by atoms with E-state index < -0.39 is 29.8 Å². The van der Waals surface area contributed by atoms with Gasteiger partial charge in [0.2, 0.25) is 0 Å². The van der Waals surface area contributed by atoms with Crippen LogP contribution in [-0.2, 0) is 9.53 Å². The average molecular weight is 313 g/mol. The number of halogens is 2. The Hall–Kier alpha value is -2.51. The fourth-order valence-electron chi connectivity index (χ4n) is 2.07. The molecule has 22 heavy (non-hydrogen) atoms. The molecular weight excluding hydrogens is 300 g/mol. The van der Waals surface area contributed by atoms with Gasteiger partial charge in [0.25, 0.3) is 5.69 Å². The van der Waals surface area contributed by atoms with Crippen molar-refractivity contribution in [2.45, 2.75) is 12.5 Å². The minimum Gasteiger partial charge on any atom is -0.477 e. The van der Waals surface area contributed by atoms with Crippen LogP contribution in [0.3, 0.4) is 0 Å². The molecule has 0 spiro atoms. The quantitative estimate of drug-likeness (QED) is 0.474. The van der Waals surface area contributed by atoms with Gasteiger partial charge in [-0.3, -0.25) is 10.1 Å². The van der Waals surface area contributed by atoms with Crippen molar-refractivity contribution in [2.75, 3.05) is 20.0 Å². The number of carbonyl (C=O) groups is 1. The van der Waals surface area contributed by atoms with E-state index in [1.54, 1.807) is 6.92 Å². The number of hydrogen-bond donors (Lipinski definition) is 0. The van der Waals surface area contributed by atoms with Gasteiger partial charge in [-0.15, -0.1) is 0 Å². The molecule has 0 aromatic heterocycles. The van der Waals surface area contributed by atoms with Crippen molar-refractivity contribution < 1.29 is 28.0 Å². The van der Waals surface area contributed by atoms with Crippen LogP contribution < -0.4 is 4.74 Å². The van der Waals surface area contributed by atoms with E-state index in [0.717, 1.165) is 18.2 Å². The number of ether oxygens (including phenoxy) is 2. The summed E-state index contributed by atoms with van der Waals surface area (Å²) < 4.78 is 36.5. The summed E-state index contributed by atoms with van der Waals surface area (Å²) in [5, 5.41) is 10.8. The molecule has 0 saturated heterocycles. The maximum Gasteiger partial charge on any atom is 0.338 e. The van der Waals surface area contributed by atoms with Crippen molar-refractivity contribution in [3.8, 4) is 5.75 Å². The fourth-order valence-corrected chi connectivity index (χ4v) is 2.07. The fraction of sp³-hybridized carbons (Fsp3) is 0.357. The first-order valence-corrected chi connectivity index (χ1v) is 6.46. The molecule has 1 aliphatic rings. The highest BCUT2D eigenvalue weighted by Gasteiger charge is 2.39. The Balaban J connectivity index is 2.59. The van der Waals surface area contributed by atoms with Crippen molar-refractivity contribution >= 4 is 17.2 Å². The first-order valence-electron chi connectivity index (χ1n) is 6.46. The zero-order valence-corrected chi connectivity index (χ0v) is 11.7. The van der Waals surface area contributed by atoms with Crippen molar-refractivity contribution in [2.24, 2.45) is 0 Å². The van der Waals surface area contributed by atoms with Crippen molar-refractivity contribution in [3.05, 3.63) is 40.0 Å². The Morgan fingerprint density at radius 2 is 2.09 bits per heavy atom. The number of carbonyl (C=O) groups excluding carboxylic acids is 1. The minimum absolute atomic E-state index is 0.00791. The molecule has 0 unspecified atom stereocenters. The van der Waals surface area contributed by atoms with E-state index in [4.69, 9.17) is 9.47 Å². The van der Waals surface area contributed by atoms with Crippen molar-refractivity contribution in [1.29, 1.82) is 0 Å². The van der Waals surface area contributed by atoms with Crippen molar-refractivity contribution in [1.82, 2.24) is 0 Å². The molecule has 118 valence electrons. The molecule has 1 heterocycles. The Labute approximate surface area is 124 Å². The van der Waals surface area contributed by atoms with Crippen LogP contribution in [0.4, 0.5) is 14.5 Å². The van der Waals surface area contributed by atoms with Crippen LogP contribution in [0.15, 0.2) is 24.3 Å². The average Bonchev–Trinajstić information content (AvgIpc) is 2.53. The highest BCUT2D eigenvalue weighted by atomic mass is 19.1. The molecule has 0 radical (unpaired) electrons. The number of fused-ring (bicyclic) bond motifs is 1. The maximum absolute atomic E-state index is 13.2. The molecule has 1 aliphatic heterocycles. The molecule has 1 aromatic rings. The lowest BCUT2D eigenvalue weighted by atomic mass is 9.93. The second-order valence-corrected chi connectivity index (χ2v) is 4.65. The second kappa shape index (κ2) is 6.08. The molecular formula is C14H13F2NO5. The first kappa shape index (κ1) is 15.9. The van der Waals surface area contributed by atoms with Crippen LogP contribution in [0.25, 0.3) is 5.57 Å². The van der Waals surface area contributed by atoms with Gasteiger partial charge in [-0.1, -0.05) is 0 Å². The lowest BCUT2D eigenvalue weighted by Gasteiger charge is -2.32. The summed E-state index contributed by atoms with van der Waals surface area (Å²) >= 11 is 0. The van der Waals surface area contributed by atoms with Gasteiger partial charge in [-0.05, 0) is 19.1 Å². The van der Waals surface area contributed by atoms with Gasteiger partial charge >= 0.3 is 5.97 Å². The Kier molecular flexibility index (Phi) is 4.39. The highest BCUT2D eigenvalue weighted by Crippen LogP contribution is 2.39. The lowest BCUT2D eigenvalue weighted by Crippen LogP contribution is -2.42. The molecule has 6 nitrogen and oxygen atoms in total. The molecule has 1 aromatic carbocycles. The number of alkyl halides is 2. The number of benzene rings is 1. The molecule has 8 heteroatoms. The van der Waals surface area contributed by atoms with E-state index in [2.05, 4.69) is 0 Å². The van der Waals surface area contributed by atoms with Gasteiger partial charge in [0, 0.05) is 17.7 Å². The van der Waals surface area contributed by atoms with E-state index in [1.807, 2.05) is 0 Å². The number of esters is 1. The van der Waals surface area contributed by atoms with E-state index in [1.165, 1.54) is 6.07 Å². The molecule has 0 N–H and O–H groups in total. The number of hydrogen-bond acceptors (Lipinski definition) is 5. The van der Waals surface area contributed by atoms with Gasteiger partial charge in [-0.2, -0.15) is 0 Å². The Morgan fingerprint density at radius 3 is 2.64 bits per heavy atom. The van der Waals surface area contributed by atoms with E-state index in [9.17, 15) is 23.7 Å². The van der Waals surface area contributed by atoms with E-state index in [0.29, 0.717) is 0 Å². The summed E-state index contributed by atoms with van der Waals surface area (Å²) in [6.45, 7) is -0.755. The smallest absolute Gasteiger partial charge is 0.338 e. The van der Waals surface area contributed by atoms with Crippen LogP contribution >= 0.6 is 0 Å². The zero-order valence-electron chi connectivity index (χ0n) is 11.7. The number of nitro benzene ring substituents is 1. The zero-order chi connectivity index (χ0) is 16.3. The predicted molar refractivity (Wildman–Crippen MR) is 73.0 cm³/mol. The molecule has 2 rings (SSSR count). The topological polar surface area (TPSA) is 78.7 Å². The summed E-state index contributed by atoms with van der Waals surface area (Å²) in [4.78, 5) is 22.2. The standard InChI is InChI=1S/C14H13F2NO5/c1-2-21-13(18)11-6-14(7-15,8-16)22-12-4-3-9(17(19)20)5-10(11)12/h3-6H,2,7-8H2,1H3. The predicted octanol–water partition coefficient (Wildman–Crippen LogP) is 2.61. The number of non-ortho nitro benzene ring substituents is 1. The SMILES string of the molecule is CCOC(=O)C1=CC(CF)(CF)Oc2ccc([N+](=O)[O-])cc21. The second-order valence-electron chi connectivity index (χ2n) is 4.65. The summed E-state index contributed by atoms with van der Waals surface area (Å²) in [5.41, 5.74) is -2.27. The Morgan fingerprint density at radius 1 is 1.41 bits per heavy atom. The van der Waals surface area contributed by atoms with Crippen LogP contribution in [-0.4, -0.2) is 36.4 Å². The lowest BCUT2D eigenvalue weighted by molar-refractivity contribution is -0.384. The van der Waals surface area contributed by atoms with Crippen LogP contribution in [0.1, 0.15) is 12.5 Å². The molecule has 0 fully saturated rings. The van der Waals surface area contributed by atoms with Gasteiger partial charge < -0.3 is 9.47 Å². The number of rotatable bonds is 5. The van der Waals surface area contributed by atoms with Gasteiger partial charge in [0.1, 0.15) is 19.1 Å². The third kappa shape index (κ3) is 2.76. The minimum atomic E-state index is -1.93. The van der Waals surface area contributed by atoms with E-state index in [-0.39, 0.29) is 29.2 Å². The summed E-state index contributed by atoms with van der Waals surface area (Å²) in [7, 11) is 0. The highest BCUT2D eigenvalue weighted by molar-refractivity contribution is 6.18. The number of nitro groups is 1. The van der Waals surface area contributed by atoms with Crippen LogP contribution in [0, 0.1) is 10.1 Å². The molecule has 0 atom stereocenters. The van der Waals surface area contributed by atoms with Crippen LogP contribution in [0.2, 0.25) is 0 Å². The molecule has 0 saturated carbocycles. The number of nitrogens with zero attached hydrogens (tertiary/aromatic N) is 1. The van der Waals surface area contributed by atoms with E-state index >= 15 is 0 Å². The molecule has 0 amide bonds. The molecule has 0 bridgehead atoms. The third-order valence-corrected chi connectivity index (χ3v) is 3.13. The van der Waals surface area contributed by atoms with Crippen molar-refractivity contribution in [3.63, 3.8) is 0 Å². The van der Waals surface area contributed by atoms with Gasteiger partial charge in [-0.25, -0.2) is 13.6 Å². The summed E-state index contributed by atoms with van der Waals surface area (Å²) in [6.07, 6.45) is 0.983. The first-order chi connectivity index (χ1) is 10.5. The normalized spacial score (nSPS) is 15.3. The molecule has 0 aliphatic carbocycles. The third-order valence-electron chi connectivity index (χ3n) is 3.13. The van der Waals surface area contributed by atoms with Gasteiger partial charge in [0.15, 0.2) is 5.60 Å². The maximum atomic E-state index is 13.2. The summed E-state index contributed by atoms with van der Waals surface area (Å²) in [5.74, 6) is -0.828. The van der Waals surface area contributed by atoms with Crippen LogP contribution in [0.5, 0.6) is 5.75 Å². The van der Waals surface area contributed by atoms with Gasteiger partial charge in [0.05, 0.1) is 17.1 Å². The Bertz CT molecular complexity index is 640. The largest absolute Gasteiger partial charge is 0.477 e.